The van der Waals surface area contributed by atoms with Gasteiger partial charge in [-0.2, -0.15) is 0 Å². The zero-order valence-electron chi connectivity index (χ0n) is 16.7. The molecule has 1 aliphatic carbocycles. The van der Waals surface area contributed by atoms with Gasteiger partial charge in [0.2, 0.25) is 0 Å². The van der Waals surface area contributed by atoms with Crippen molar-refractivity contribution in [1.82, 2.24) is 14.5 Å². The summed E-state index contributed by atoms with van der Waals surface area (Å²) in [6.45, 7) is 0.535. The van der Waals surface area contributed by atoms with Crippen LogP contribution >= 0.6 is 0 Å². The summed E-state index contributed by atoms with van der Waals surface area (Å²) in [5.74, 6) is 0. The van der Waals surface area contributed by atoms with E-state index in [4.69, 9.17) is 9.47 Å². The molecule has 0 radical (unpaired) electrons. The molecule has 1 aromatic carbocycles. The number of nitrogens with zero attached hydrogens (tertiary/aromatic N) is 3. The van der Waals surface area contributed by atoms with Gasteiger partial charge >= 0.3 is 0 Å². The minimum atomic E-state index is -1.23. The van der Waals surface area contributed by atoms with Crippen molar-refractivity contribution in [3.8, 4) is 0 Å². The van der Waals surface area contributed by atoms with Gasteiger partial charge < -0.3 is 29.4 Å². The van der Waals surface area contributed by atoms with Gasteiger partial charge in [-0.3, -0.25) is 0 Å². The third-order valence-corrected chi connectivity index (χ3v) is 6.23. The Labute approximate surface area is 173 Å². The van der Waals surface area contributed by atoms with Gasteiger partial charge in [0.1, 0.15) is 36.4 Å². The maximum atomic E-state index is 10.9. The lowest BCUT2D eigenvalue weighted by molar-refractivity contribution is -0.0848. The van der Waals surface area contributed by atoms with E-state index in [1.54, 1.807) is 17.9 Å². The molecular formula is C22H25N3O5. The van der Waals surface area contributed by atoms with E-state index in [9.17, 15) is 15.3 Å². The summed E-state index contributed by atoms with van der Waals surface area (Å²) in [5.41, 5.74) is 4.63. The molecule has 0 bridgehead atoms. The van der Waals surface area contributed by atoms with Crippen LogP contribution in [0.3, 0.4) is 0 Å². The highest BCUT2D eigenvalue weighted by atomic mass is 16.6. The average molecular weight is 411 g/mol. The molecule has 2 aliphatic rings. The number of ether oxygens (including phenoxy) is 2. The number of aryl methyl sites for hydroxylation is 2. The van der Waals surface area contributed by atoms with Crippen LogP contribution < -0.4 is 0 Å². The van der Waals surface area contributed by atoms with Crippen molar-refractivity contribution in [3.63, 3.8) is 0 Å². The summed E-state index contributed by atoms with van der Waals surface area (Å²) in [7, 11) is 1.64. The lowest BCUT2D eigenvalue weighted by Crippen LogP contribution is -2.35. The Morgan fingerprint density at radius 3 is 2.73 bits per heavy atom. The minimum Gasteiger partial charge on any atom is -0.387 e. The van der Waals surface area contributed by atoms with Gasteiger partial charge in [0.25, 0.3) is 0 Å². The van der Waals surface area contributed by atoms with Crippen LogP contribution in [0.15, 0.2) is 36.8 Å². The Kier molecular flexibility index (Phi) is 5.04. The van der Waals surface area contributed by atoms with Crippen molar-refractivity contribution in [3.05, 3.63) is 59.2 Å². The fourth-order valence-corrected chi connectivity index (χ4v) is 4.39. The zero-order chi connectivity index (χ0) is 20.8. The summed E-state index contributed by atoms with van der Waals surface area (Å²) in [4.78, 5) is 8.67. The minimum absolute atomic E-state index is 0.535. The highest BCUT2D eigenvalue weighted by Gasteiger charge is 2.47. The maximum Gasteiger partial charge on any atom is 0.164 e. The van der Waals surface area contributed by atoms with Gasteiger partial charge in [-0.25, -0.2) is 9.97 Å². The van der Waals surface area contributed by atoms with E-state index in [-0.39, 0.29) is 0 Å². The van der Waals surface area contributed by atoms with Gasteiger partial charge in [0, 0.05) is 25.1 Å². The molecule has 5 atom stereocenters. The Bertz CT molecular complexity index is 1070. The molecule has 5 rings (SSSR count). The Morgan fingerprint density at radius 1 is 1.17 bits per heavy atom. The largest absolute Gasteiger partial charge is 0.387 e. The van der Waals surface area contributed by atoms with E-state index in [0.717, 1.165) is 23.9 Å². The first kappa shape index (κ1) is 19.6. The smallest absolute Gasteiger partial charge is 0.164 e. The number of hydrogen-bond acceptors (Lipinski definition) is 7. The quantitative estimate of drug-likeness (QED) is 0.557. The molecule has 2 aromatic heterocycles. The Balaban J connectivity index is 1.42. The van der Waals surface area contributed by atoms with Crippen LogP contribution in [0, 0.1) is 0 Å². The predicted molar refractivity (Wildman–Crippen MR) is 108 cm³/mol. The first-order valence-electron chi connectivity index (χ1n) is 10.2. The third-order valence-electron chi connectivity index (χ3n) is 6.23. The monoisotopic (exact) mass is 411 g/mol. The van der Waals surface area contributed by atoms with Crippen LogP contribution in [0.5, 0.6) is 0 Å². The van der Waals surface area contributed by atoms with Crippen LogP contribution in [-0.4, -0.2) is 61.9 Å². The van der Waals surface area contributed by atoms with Crippen molar-refractivity contribution in [2.75, 3.05) is 13.7 Å². The molecule has 1 unspecified atom stereocenters. The van der Waals surface area contributed by atoms with Gasteiger partial charge in [-0.15, -0.1) is 0 Å². The van der Waals surface area contributed by atoms with E-state index in [1.165, 1.54) is 17.5 Å². The number of aromatic nitrogens is 3. The molecule has 1 aliphatic heterocycles. The standard InChI is InChI=1S/C22H25N3O5/c1-29-9-7-16-15-6-8-25(21(15)24-11-23-16)22-19(28)18(27)20(30-22)17(26)14-5-3-12-2-4-13(12)10-14/h3,5-6,8,10-11,17-20,22,26-28H,2,4,7,9H2,1H3/t17?,18-,19+,20+,22+/m0/s1. The second-order valence-electron chi connectivity index (χ2n) is 7.97. The molecule has 30 heavy (non-hydrogen) atoms. The fourth-order valence-electron chi connectivity index (χ4n) is 4.39. The van der Waals surface area contributed by atoms with Gasteiger partial charge in [-0.1, -0.05) is 18.2 Å². The third kappa shape index (κ3) is 3.12. The normalized spacial score (nSPS) is 26.5. The number of rotatable bonds is 6. The second-order valence-corrected chi connectivity index (χ2v) is 7.97. The topological polar surface area (TPSA) is 110 Å². The van der Waals surface area contributed by atoms with Crippen LogP contribution in [0.4, 0.5) is 0 Å². The van der Waals surface area contributed by atoms with Crippen molar-refractivity contribution in [1.29, 1.82) is 0 Å². The molecule has 1 fully saturated rings. The number of benzene rings is 1. The molecule has 158 valence electrons. The van der Waals surface area contributed by atoms with E-state index in [1.807, 2.05) is 24.3 Å². The number of aliphatic hydroxyl groups is 3. The number of hydrogen-bond donors (Lipinski definition) is 3. The summed E-state index contributed by atoms with van der Waals surface area (Å²) in [6.07, 6.45) is 0.623. The van der Waals surface area contributed by atoms with Crippen LogP contribution in [0.25, 0.3) is 11.0 Å². The van der Waals surface area contributed by atoms with E-state index >= 15 is 0 Å². The molecule has 3 N–H and O–H groups in total. The van der Waals surface area contributed by atoms with Crippen molar-refractivity contribution in [2.45, 2.75) is 49.9 Å². The SMILES string of the molecule is COCCc1ncnc2c1ccn2[C@@H]1O[C@H](C(O)c2ccc3c(c2)CC3)[C@@H](O)[C@H]1O. The molecule has 3 heterocycles. The second kappa shape index (κ2) is 7.72. The van der Waals surface area contributed by atoms with Crippen molar-refractivity contribution >= 4 is 11.0 Å². The van der Waals surface area contributed by atoms with E-state index < -0.39 is 30.6 Å². The zero-order valence-corrected chi connectivity index (χ0v) is 16.7. The highest BCUT2D eigenvalue weighted by molar-refractivity contribution is 5.78. The van der Waals surface area contributed by atoms with E-state index in [2.05, 4.69) is 9.97 Å². The van der Waals surface area contributed by atoms with Crippen LogP contribution in [0.2, 0.25) is 0 Å². The molecule has 8 heteroatoms. The molecule has 0 amide bonds. The van der Waals surface area contributed by atoms with Crippen molar-refractivity contribution < 1.29 is 24.8 Å². The number of methoxy groups -OCH3 is 1. The molecule has 0 saturated carbocycles. The Hall–Kier alpha value is -2.36. The van der Waals surface area contributed by atoms with Gasteiger partial charge in [-0.05, 0) is 35.6 Å². The fraction of sp³-hybridized carbons (Fsp3) is 0.455. The molecule has 8 nitrogen and oxygen atoms in total. The first-order chi connectivity index (χ1) is 14.6. The average Bonchev–Trinajstić information content (AvgIpc) is 3.29. The Morgan fingerprint density at radius 2 is 2.00 bits per heavy atom. The highest BCUT2D eigenvalue weighted by Crippen LogP contribution is 2.38. The first-order valence-corrected chi connectivity index (χ1v) is 10.2. The van der Waals surface area contributed by atoms with Gasteiger partial charge in [0.15, 0.2) is 6.23 Å². The van der Waals surface area contributed by atoms with Crippen LogP contribution in [0.1, 0.15) is 34.7 Å². The lowest BCUT2D eigenvalue weighted by Gasteiger charge is -2.25. The molecule has 3 aromatic rings. The van der Waals surface area contributed by atoms with E-state index in [0.29, 0.717) is 24.2 Å². The molecule has 0 spiro atoms. The lowest BCUT2D eigenvalue weighted by atomic mass is 9.85. The number of fused-ring (bicyclic) bond motifs is 2. The number of aliphatic hydroxyl groups excluding tert-OH is 3. The summed E-state index contributed by atoms with van der Waals surface area (Å²) in [5, 5.41) is 33.1. The summed E-state index contributed by atoms with van der Waals surface area (Å²) >= 11 is 0. The molecule has 1 saturated heterocycles. The molecular weight excluding hydrogens is 386 g/mol. The van der Waals surface area contributed by atoms with Crippen molar-refractivity contribution in [2.24, 2.45) is 0 Å². The van der Waals surface area contributed by atoms with Crippen LogP contribution in [-0.2, 0) is 28.7 Å². The summed E-state index contributed by atoms with van der Waals surface area (Å²) in [6, 6.07) is 7.69. The predicted octanol–water partition coefficient (Wildman–Crippen LogP) is 1.07. The van der Waals surface area contributed by atoms with Gasteiger partial charge in [0.05, 0.1) is 12.3 Å². The maximum absolute atomic E-state index is 10.9. The summed E-state index contributed by atoms with van der Waals surface area (Å²) < 4.78 is 12.8.